The number of hydrogen-bond acceptors (Lipinski definition) is 4. The van der Waals surface area contributed by atoms with Crippen LogP contribution in [-0.2, 0) is 4.79 Å². The van der Waals surface area contributed by atoms with Gasteiger partial charge in [0.15, 0.2) is 0 Å². The first kappa shape index (κ1) is 16.5. The summed E-state index contributed by atoms with van der Waals surface area (Å²) in [4.78, 5) is 15.3. The number of benzene rings is 2. The van der Waals surface area contributed by atoms with Crippen molar-refractivity contribution in [2.24, 2.45) is 4.99 Å². The highest BCUT2D eigenvalue weighted by molar-refractivity contribution is 5.89. The van der Waals surface area contributed by atoms with Crippen LogP contribution in [0, 0.1) is 0 Å². The Hall–Kier alpha value is -2.82. The van der Waals surface area contributed by atoms with E-state index in [0.717, 1.165) is 17.8 Å². The molecule has 0 aliphatic carbocycles. The summed E-state index contributed by atoms with van der Waals surface area (Å²) in [6, 6.07) is 12.3. The number of aliphatic imine (C=N–C) groups is 1. The number of aromatic hydroxyl groups is 1. The number of ether oxygens (including phenoxy) is 1. The maximum Gasteiger partial charge on any atom is 0.221 e. The zero-order valence-electron chi connectivity index (χ0n) is 13.2. The summed E-state index contributed by atoms with van der Waals surface area (Å²) in [6.07, 6.45) is 2.50. The van der Waals surface area contributed by atoms with Crippen LogP contribution < -0.4 is 10.1 Å². The molecule has 0 radical (unpaired) electrons. The van der Waals surface area contributed by atoms with Gasteiger partial charge >= 0.3 is 0 Å². The molecular formula is C18H20N2O3. The van der Waals surface area contributed by atoms with Gasteiger partial charge in [-0.05, 0) is 42.8 Å². The van der Waals surface area contributed by atoms with Gasteiger partial charge in [0, 0.05) is 30.5 Å². The van der Waals surface area contributed by atoms with Crippen LogP contribution in [0.3, 0.4) is 0 Å². The van der Waals surface area contributed by atoms with Crippen molar-refractivity contribution in [3.63, 3.8) is 0 Å². The van der Waals surface area contributed by atoms with Crippen molar-refractivity contribution >= 4 is 23.5 Å². The second kappa shape index (κ2) is 7.98. The molecule has 0 aromatic heterocycles. The lowest BCUT2D eigenvalue weighted by Crippen LogP contribution is -2.04. The lowest BCUT2D eigenvalue weighted by molar-refractivity contribution is -0.114. The predicted octanol–water partition coefficient (Wildman–Crippen LogP) is 3.89. The Labute approximate surface area is 135 Å². The minimum absolute atomic E-state index is 0.114. The number of phenols is 1. The maximum atomic E-state index is 11.0. The summed E-state index contributed by atoms with van der Waals surface area (Å²) >= 11 is 0. The van der Waals surface area contributed by atoms with Crippen molar-refractivity contribution in [2.75, 3.05) is 11.9 Å². The minimum atomic E-state index is -0.114. The van der Waals surface area contributed by atoms with Crippen molar-refractivity contribution in [1.82, 2.24) is 0 Å². The summed E-state index contributed by atoms with van der Waals surface area (Å²) in [7, 11) is 0. The molecule has 0 atom stereocenters. The third kappa shape index (κ3) is 5.14. The SMILES string of the molecule is CCCOc1ccc(C=Nc2ccc(NC(C)=O)cc2)c(O)c1. The summed E-state index contributed by atoms with van der Waals surface area (Å²) in [5.41, 5.74) is 2.06. The number of hydrogen-bond donors (Lipinski definition) is 2. The monoisotopic (exact) mass is 312 g/mol. The van der Waals surface area contributed by atoms with Crippen molar-refractivity contribution in [3.8, 4) is 11.5 Å². The number of amides is 1. The summed E-state index contributed by atoms with van der Waals surface area (Å²) in [5, 5.41) is 12.7. The molecule has 2 aromatic carbocycles. The zero-order valence-corrected chi connectivity index (χ0v) is 13.2. The molecule has 23 heavy (non-hydrogen) atoms. The van der Waals surface area contributed by atoms with Crippen molar-refractivity contribution in [1.29, 1.82) is 0 Å². The van der Waals surface area contributed by atoms with Gasteiger partial charge < -0.3 is 15.2 Å². The second-order valence-electron chi connectivity index (χ2n) is 5.06. The molecule has 1 amide bonds. The number of carbonyl (C=O) groups is 1. The van der Waals surface area contributed by atoms with Crippen LogP contribution in [0.25, 0.3) is 0 Å². The first-order valence-corrected chi connectivity index (χ1v) is 7.46. The Morgan fingerprint density at radius 1 is 1.26 bits per heavy atom. The van der Waals surface area contributed by atoms with Gasteiger partial charge in [0.1, 0.15) is 11.5 Å². The lowest BCUT2D eigenvalue weighted by atomic mass is 10.2. The molecule has 0 unspecified atom stereocenters. The van der Waals surface area contributed by atoms with Gasteiger partial charge in [0.2, 0.25) is 5.91 Å². The normalized spacial score (nSPS) is 10.7. The smallest absolute Gasteiger partial charge is 0.221 e. The number of anilines is 1. The van der Waals surface area contributed by atoms with Crippen LogP contribution >= 0.6 is 0 Å². The molecular weight excluding hydrogens is 292 g/mol. The maximum absolute atomic E-state index is 11.0. The molecule has 0 aliphatic rings. The van der Waals surface area contributed by atoms with E-state index >= 15 is 0 Å². The van der Waals surface area contributed by atoms with Crippen LogP contribution in [0.1, 0.15) is 25.8 Å². The third-order valence-corrected chi connectivity index (χ3v) is 3.02. The highest BCUT2D eigenvalue weighted by Crippen LogP contribution is 2.23. The molecule has 0 spiro atoms. The average molecular weight is 312 g/mol. The van der Waals surface area contributed by atoms with Gasteiger partial charge in [-0.1, -0.05) is 6.92 Å². The quantitative estimate of drug-likeness (QED) is 0.795. The Morgan fingerprint density at radius 3 is 2.61 bits per heavy atom. The third-order valence-electron chi connectivity index (χ3n) is 3.02. The van der Waals surface area contributed by atoms with E-state index in [1.165, 1.54) is 6.92 Å². The number of nitrogens with zero attached hydrogens (tertiary/aromatic N) is 1. The molecule has 0 fully saturated rings. The Balaban J connectivity index is 2.06. The van der Waals surface area contributed by atoms with E-state index in [-0.39, 0.29) is 11.7 Å². The Bertz CT molecular complexity index is 694. The summed E-state index contributed by atoms with van der Waals surface area (Å²) in [6.45, 7) is 4.11. The number of phenolic OH excluding ortho intramolecular Hbond substituents is 1. The van der Waals surface area contributed by atoms with Crippen LogP contribution in [0.2, 0.25) is 0 Å². The van der Waals surface area contributed by atoms with Gasteiger partial charge in [0.05, 0.1) is 12.3 Å². The topological polar surface area (TPSA) is 70.9 Å². The molecule has 5 heteroatoms. The van der Waals surface area contributed by atoms with Crippen molar-refractivity contribution < 1.29 is 14.6 Å². The van der Waals surface area contributed by atoms with E-state index in [1.807, 2.05) is 6.92 Å². The fourth-order valence-electron chi connectivity index (χ4n) is 1.92. The Kier molecular flexibility index (Phi) is 5.74. The lowest BCUT2D eigenvalue weighted by Gasteiger charge is -2.06. The van der Waals surface area contributed by atoms with Crippen LogP contribution in [0.15, 0.2) is 47.5 Å². The number of rotatable bonds is 6. The highest BCUT2D eigenvalue weighted by atomic mass is 16.5. The first-order chi connectivity index (χ1) is 11.1. The largest absolute Gasteiger partial charge is 0.507 e. The fraction of sp³-hybridized carbons (Fsp3) is 0.222. The highest BCUT2D eigenvalue weighted by Gasteiger charge is 2.01. The minimum Gasteiger partial charge on any atom is -0.507 e. The van der Waals surface area contributed by atoms with Crippen LogP contribution in [0.5, 0.6) is 11.5 Å². The van der Waals surface area contributed by atoms with Gasteiger partial charge in [-0.15, -0.1) is 0 Å². The van der Waals surface area contributed by atoms with Gasteiger partial charge in [-0.2, -0.15) is 0 Å². The molecule has 0 bridgehead atoms. The van der Waals surface area contributed by atoms with Crippen molar-refractivity contribution in [3.05, 3.63) is 48.0 Å². The molecule has 0 saturated heterocycles. The zero-order chi connectivity index (χ0) is 16.7. The summed E-state index contributed by atoms with van der Waals surface area (Å²) < 4.78 is 5.46. The number of carbonyl (C=O) groups excluding carboxylic acids is 1. The molecule has 5 nitrogen and oxygen atoms in total. The van der Waals surface area contributed by atoms with Crippen LogP contribution in [-0.4, -0.2) is 23.8 Å². The molecule has 0 heterocycles. The second-order valence-corrected chi connectivity index (χ2v) is 5.06. The van der Waals surface area contributed by atoms with E-state index < -0.39 is 0 Å². The molecule has 2 N–H and O–H groups in total. The van der Waals surface area contributed by atoms with Crippen LogP contribution in [0.4, 0.5) is 11.4 Å². The predicted molar refractivity (Wildman–Crippen MR) is 91.9 cm³/mol. The summed E-state index contributed by atoms with van der Waals surface area (Å²) in [5.74, 6) is 0.648. The van der Waals surface area contributed by atoms with E-state index in [1.54, 1.807) is 48.7 Å². The average Bonchev–Trinajstić information content (AvgIpc) is 2.53. The fourth-order valence-corrected chi connectivity index (χ4v) is 1.92. The van der Waals surface area contributed by atoms with E-state index in [0.29, 0.717) is 17.9 Å². The van der Waals surface area contributed by atoms with Gasteiger partial charge in [-0.25, -0.2) is 0 Å². The molecule has 2 rings (SSSR count). The van der Waals surface area contributed by atoms with Gasteiger partial charge in [-0.3, -0.25) is 9.79 Å². The molecule has 0 aliphatic heterocycles. The number of nitrogens with one attached hydrogen (secondary N) is 1. The Morgan fingerprint density at radius 2 is 2.00 bits per heavy atom. The van der Waals surface area contributed by atoms with Crippen molar-refractivity contribution in [2.45, 2.75) is 20.3 Å². The molecule has 120 valence electrons. The van der Waals surface area contributed by atoms with E-state index in [2.05, 4.69) is 10.3 Å². The molecule has 0 saturated carbocycles. The first-order valence-electron chi connectivity index (χ1n) is 7.46. The van der Waals surface area contributed by atoms with E-state index in [9.17, 15) is 9.90 Å². The standard InChI is InChI=1S/C18H20N2O3/c1-3-10-23-17-9-4-14(18(22)11-17)12-19-15-5-7-16(8-6-15)20-13(2)21/h4-9,11-12,22H,3,10H2,1-2H3,(H,20,21). The van der Waals surface area contributed by atoms with Gasteiger partial charge in [0.25, 0.3) is 0 Å². The molecule has 2 aromatic rings. The van der Waals surface area contributed by atoms with E-state index in [4.69, 9.17) is 4.74 Å².